The fourth-order valence-corrected chi connectivity index (χ4v) is 5.13. The molecule has 0 radical (unpaired) electrons. The highest BCUT2D eigenvalue weighted by atomic mass is 35.5. The van der Waals surface area contributed by atoms with E-state index in [2.05, 4.69) is 55.5 Å². The third-order valence-electron chi connectivity index (χ3n) is 6.86. The third-order valence-corrected chi connectivity index (χ3v) is 7.52. The summed E-state index contributed by atoms with van der Waals surface area (Å²) in [5.41, 5.74) is 3.19. The van der Waals surface area contributed by atoms with Crippen LogP contribution in [0.5, 0.6) is 5.75 Å². The number of hydrogen-bond donors (Lipinski definition) is 0. The van der Waals surface area contributed by atoms with E-state index in [4.69, 9.17) is 16.3 Å². The second-order valence-corrected chi connectivity index (χ2v) is 10.2. The zero-order chi connectivity index (χ0) is 24.6. The molecule has 0 saturated heterocycles. The van der Waals surface area contributed by atoms with E-state index in [9.17, 15) is 0 Å². The van der Waals surface area contributed by atoms with Crippen molar-refractivity contribution >= 4 is 11.6 Å². The van der Waals surface area contributed by atoms with Crippen molar-refractivity contribution in [3.8, 4) is 5.75 Å². The molecule has 0 unspecified atom stereocenters. The Morgan fingerprint density at radius 2 is 0.914 bits per heavy atom. The summed E-state index contributed by atoms with van der Waals surface area (Å²) >= 11 is 7.36. The first-order valence-electron chi connectivity index (χ1n) is 13.8. The summed E-state index contributed by atoms with van der Waals surface area (Å²) in [5, 5.41) is 0. The fraction of sp³-hybridized carbons (Fsp3) is 0.455. The molecule has 0 aliphatic rings. The predicted octanol–water partition coefficient (Wildman–Crippen LogP) is 10.3. The Morgan fingerprint density at radius 1 is 0.514 bits per heavy atom. The van der Waals surface area contributed by atoms with Crippen LogP contribution in [-0.2, 0) is 4.87 Å². The Balaban J connectivity index is 1.40. The van der Waals surface area contributed by atoms with Crippen LogP contribution >= 0.6 is 11.6 Å². The molecule has 0 spiro atoms. The summed E-state index contributed by atoms with van der Waals surface area (Å²) in [6.07, 6.45) is 16.3. The van der Waals surface area contributed by atoms with Gasteiger partial charge in [0.15, 0.2) is 0 Å². The number of hydrogen-bond acceptors (Lipinski definition) is 1. The van der Waals surface area contributed by atoms with E-state index in [1.54, 1.807) is 0 Å². The van der Waals surface area contributed by atoms with Crippen molar-refractivity contribution in [2.24, 2.45) is 0 Å². The van der Waals surface area contributed by atoms with Gasteiger partial charge in [-0.3, -0.25) is 0 Å². The summed E-state index contributed by atoms with van der Waals surface area (Å²) in [6, 6.07) is 28.9. The number of ether oxygens (including phenoxy) is 1. The van der Waals surface area contributed by atoms with Crippen molar-refractivity contribution in [2.45, 2.75) is 88.8 Å². The van der Waals surface area contributed by atoms with Crippen molar-refractivity contribution in [3.05, 3.63) is 102 Å². The Kier molecular flexibility index (Phi) is 12.3. The van der Waals surface area contributed by atoms with Crippen LogP contribution in [0.15, 0.2) is 84.9 Å². The average molecular weight is 491 g/mol. The summed E-state index contributed by atoms with van der Waals surface area (Å²) in [7, 11) is 0. The molecule has 188 valence electrons. The molecule has 0 aromatic heterocycles. The highest BCUT2D eigenvalue weighted by Crippen LogP contribution is 2.43. The van der Waals surface area contributed by atoms with E-state index < -0.39 is 4.87 Å². The zero-order valence-corrected chi connectivity index (χ0v) is 22.3. The molecule has 0 heterocycles. The van der Waals surface area contributed by atoms with Gasteiger partial charge in [-0.25, -0.2) is 0 Å². The third kappa shape index (κ3) is 8.73. The molecule has 3 rings (SSSR count). The van der Waals surface area contributed by atoms with Crippen molar-refractivity contribution in [1.82, 2.24) is 0 Å². The van der Waals surface area contributed by atoms with Gasteiger partial charge in [0.05, 0.1) is 6.61 Å². The Morgan fingerprint density at radius 3 is 1.37 bits per heavy atom. The molecule has 3 aromatic rings. The van der Waals surface area contributed by atoms with Gasteiger partial charge in [0, 0.05) is 0 Å². The summed E-state index contributed by atoms with van der Waals surface area (Å²) in [4.78, 5) is -0.726. The van der Waals surface area contributed by atoms with Crippen molar-refractivity contribution in [2.75, 3.05) is 6.61 Å². The largest absolute Gasteiger partial charge is 0.494 e. The van der Waals surface area contributed by atoms with E-state index >= 15 is 0 Å². The van der Waals surface area contributed by atoms with Gasteiger partial charge in [0.1, 0.15) is 10.6 Å². The number of unbranched alkanes of at least 4 members (excludes halogenated alkanes) is 11. The van der Waals surface area contributed by atoms with Crippen LogP contribution in [-0.4, -0.2) is 6.61 Å². The van der Waals surface area contributed by atoms with Gasteiger partial charge >= 0.3 is 0 Å². The zero-order valence-electron chi connectivity index (χ0n) is 21.6. The molecular formula is C33H43ClO. The highest BCUT2D eigenvalue weighted by molar-refractivity contribution is 6.28. The smallest absolute Gasteiger partial charge is 0.119 e. The monoisotopic (exact) mass is 490 g/mol. The molecule has 2 heteroatoms. The van der Waals surface area contributed by atoms with Crippen LogP contribution in [0.25, 0.3) is 0 Å². The van der Waals surface area contributed by atoms with Crippen LogP contribution < -0.4 is 4.74 Å². The molecule has 0 aliphatic carbocycles. The number of benzene rings is 3. The van der Waals surface area contributed by atoms with E-state index in [1.807, 2.05) is 36.4 Å². The molecule has 1 nitrogen and oxygen atoms in total. The van der Waals surface area contributed by atoms with E-state index in [0.29, 0.717) is 0 Å². The van der Waals surface area contributed by atoms with Crippen molar-refractivity contribution in [3.63, 3.8) is 0 Å². The molecule has 0 fully saturated rings. The number of alkyl halides is 1. The molecule has 0 N–H and O–H groups in total. The highest BCUT2D eigenvalue weighted by Gasteiger charge is 2.33. The molecule has 0 atom stereocenters. The number of halogens is 1. The Bertz CT molecular complexity index is 881. The average Bonchev–Trinajstić information content (AvgIpc) is 2.92. The van der Waals surface area contributed by atoms with Crippen LogP contribution in [0.2, 0.25) is 0 Å². The lowest BCUT2D eigenvalue weighted by Gasteiger charge is -2.29. The van der Waals surface area contributed by atoms with Gasteiger partial charge in [-0.05, 0) is 35.2 Å². The SMILES string of the molecule is CCCCCCCCCCCCCCOc1ccc(C(Cl)(c2ccccc2)c2ccccc2)cc1. The lowest BCUT2D eigenvalue weighted by atomic mass is 9.84. The Hall–Kier alpha value is -2.25. The van der Waals surface area contributed by atoms with Crippen LogP contribution in [0, 0.1) is 0 Å². The molecule has 3 aromatic carbocycles. The van der Waals surface area contributed by atoms with Crippen molar-refractivity contribution < 1.29 is 4.74 Å². The van der Waals surface area contributed by atoms with Gasteiger partial charge in [0.2, 0.25) is 0 Å². The quantitative estimate of drug-likeness (QED) is 0.104. The first-order chi connectivity index (χ1) is 17.2. The molecular weight excluding hydrogens is 448 g/mol. The standard InChI is InChI=1S/C33H43ClO/c1-2-3-4-5-6-7-8-9-10-11-12-19-28-35-32-26-24-31(25-27-32)33(34,29-20-15-13-16-21-29)30-22-17-14-18-23-30/h13-18,20-27H,2-12,19,28H2,1H3. The normalized spacial score (nSPS) is 11.5. The summed E-state index contributed by atoms with van der Waals surface area (Å²) in [6.45, 7) is 3.06. The lowest BCUT2D eigenvalue weighted by Crippen LogP contribution is -2.22. The van der Waals surface area contributed by atoms with E-state index in [0.717, 1.165) is 35.5 Å². The van der Waals surface area contributed by atoms with Gasteiger partial charge in [-0.15, -0.1) is 11.6 Å². The van der Waals surface area contributed by atoms with Crippen LogP contribution in [0.1, 0.15) is 101 Å². The van der Waals surface area contributed by atoms with E-state index in [-0.39, 0.29) is 0 Å². The minimum Gasteiger partial charge on any atom is -0.494 e. The molecule has 35 heavy (non-hydrogen) atoms. The minimum atomic E-state index is -0.726. The maximum absolute atomic E-state index is 7.36. The van der Waals surface area contributed by atoms with Gasteiger partial charge < -0.3 is 4.74 Å². The minimum absolute atomic E-state index is 0.726. The summed E-state index contributed by atoms with van der Waals surface area (Å²) in [5.74, 6) is 0.914. The second kappa shape index (κ2) is 15.7. The maximum atomic E-state index is 7.36. The molecule has 0 aliphatic heterocycles. The lowest BCUT2D eigenvalue weighted by molar-refractivity contribution is 0.304. The predicted molar refractivity (Wildman–Crippen MR) is 152 cm³/mol. The van der Waals surface area contributed by atoms with Crippen LogP contribution in [0.3, 0.4) is 0 Å². The first-order valence-corrected chi connectivity index (χ1v) is 14.2. The van der Waals surface area contributed by atoms with Gasteiger partial charge in [0.25, 0.3) is 0 Å². The first kappa shape index (κ1) is 27.3. The van der Waals surface area contributed by atoms with Gasteiger partial charge in [-0.1, -0.05) is 150 Å². The molecule has 0 saturated carbocycles. The van der Waals surface area contributed by atoms with Gasteiger partial charge in [-0.2, -0.15) is 0 Å². The molecule has 0 bridgehead atoms. The Labute approximate surface area is 218 Å². The second-order valence-electron chi connectivity index (χ2n) is 9.65. The maximum Gasteiger partial charge on any atom is 0.119 e. The van der Waals surface area contributed by atoms with Crippen molar-refractivity contribution in [1.29, 1.82) is 0 Å². The van der Waals surface area contributed by atoms with E-state index in [1.165, 1.54) is 70.6 Å². The number of rotatable bonds is 17. The topological polar surface area (TPSA) is 9.23 Å². The molecule has 0 amide bonds. The fourth-order valence-electron chi connectivity index (χ4n) is 4.75. The van der Waals surface area contributed by atoms with Crippen LogP contribution in [0.4, 0.5) is 0 Å². The summed E-state index contributed by atoms with van der Waals surface area (Å²) < 4.78 is 6.03.